The number of aliphatic hydroxyl groups is 1. The van der Waals surface area contributed by atoms with E-state index in [4.69, 9.17) is 0 Å². The van der Waals surface area contributed by atoms with Crippen LogP contribution in [0.5, 0.6) is 0 Å². The first-order valence-corrected chi connectivity index (χ1v) is 4.62. The zero-order valence-corrected chi connectivity index (χ0v) is 7.84. The smallest absolute Gasteiger partial charge is 0.295 e. The third-order valence-corrected chi connectivity index (χ3v) is 2.40. The molecule has 0 bridgehead atoms. The van der Waals surface area contributed by atoms with Crippen LogP contribution >= 0.6 is 0 Å². The molecule has 2 N–H and O–H groups in total. The standard InChI is InChI=1S/C10H15NO2/c1-2-4-10(13)11-7-9(12)8-5-3-6-8/h8-9,12H,3,5-7H2,1H3,(H,11,13). The summed E-state index contributed by atoms with van der Waals surface area (Å²) in [6, 6.07) is 0. The first kappa shape index (κ1) is 10.1. The van der Waals surface area contributed by atoms with Crippen LogP contribution in [-0.4, -0.2) is 23.7 Å². The monoisotopic (exact) mass is 181 g/mol. The van der Waals surface area contributed by atoms with Crippen LogP contribution in [0, 0.1) is 17.8 Å². The highest BCUT2D eigenvalue weighted by Gasteiger charge is 2.25. The molecule has 3 nitrogen and oxygen atoms in total. The molecule has 0 aromatic rings. The number of hydrogen-bond donors (Lipinski definition) is 2. The third-order valence-electron chi connectivity index (χ3n) is 2.40. The van der Waals surface area contributed by atoms with Crippen LogP contribution in [0.25, 0.3) is 0 Å². The minimum absolute atomic E-state index is 0.305. The molecule has 1 aliphatic carbocycles. The van der Waals surface area contributed by atoms with Gasteiger partial charge in [0.1, 0.15) is 0 Å². The van der Waals surface area contributed by atoms with Gasteiger partial charge < -0.3 is 10.4 Å². The van der Waals surface area contributed by atoms with Crippen molar-refractivity contribution in [2.45, 2.75) is 32.3 Å². The Morgan fingerprint density at radius 2 is 2.38 bits per heavy atom. The molecule has 1 fully saturated rings. The maximum Gasteiger partial charge on any atom is 0.295 e. The van der Waals surface area contributed by atoms with Crippen molar-refractivity contribution in [3.63, 3.8) is 0 Å². The van der Waals surface area contributed by atoms with Crippen molar-refractivity contribution in [2.75, 3.05) is 6.54 Å². The van der Waals surface area contributed by atoms with E-state index in [0.717, 1.165) is 12.8 Å². The zero-order valence-electron chi connectivity index (χ0n) is 7.84. The molecule has 1 saturated carbocycles. The second-order valence-electron chi connectivity index (χ2n) is 3.34. The number of hydrogen-bond acceptors (Lipinski definition) is 2. The Morgan fingerprint density at radius 1 is 1.69 bits per heavy atom. The molecule has 0 saturated heterocycles. The Hall–Kier alpha value is -1.01. The maximum absolute atomic E-state index is 10.9. The molecule has 1 aliphatic rings. The summed E-state index contributed by atoms with van der Waals surface area (Å²) in [6.45, 7) is 1.94. The summed E-state index contributed by atoms with van der Waals surface area (Å²) in [4.78, 5) is 10.9. The van der Waals surface area contributed by atoms with E-state index in [-0.39, 0.29) is 5.91 Å². The van der Waals surface area contributed by atoms with Crippen LogP contribution in [-0.2, 0) is 4.79 Å². The second kappa shape index (κ2) is 4.88. The van der Waals surface area contributed by atoms with Gasteiger partial charge in [-0.1, -0.05) is 12.3 Å². The second-order valence-corrected chi connectivity index (χ2v) is 3.34. The van der Waals surface area contributed by atoms with E-state index in [2.05, 4.69) is 17.2 Å². The van der Waals surface area contributed by atoms with Crippen LogP contribution in [0.2, 0.25) is 0 Å². The Labute approximate surface area is 78.5 Å². The molecule has 3 heteroatoms. The Morgan fingerprint density at radius 3 is 2.85 bits per heavy atom. The predicted octanol–water partition coefficient (Wildman–Crippen LogP) is 0.287. The number of aliphatic hydroxyl groups excluding tert-OH is 1. The zero-order chi connectivity index (χ0) is 9.68. The summed E-state index contributed by atoms with van der Waals surface area (Å²) in [6.07, 6.45) is 2.97. The van der Waals surface area contributed by atoms with Gasteiger partial charge in [0.05, 0.1) is 6.10 Å². The maximum atomic E-state index is 10.9. The molecule has 1 atom stereocenters. The van der Waals surface area contributed by atoms with E-state index in [1.54, 1.807) is 6.92 Å². The minimum atomic E-state index is -0.392. The normalized spacial score (nSPS) is 18.0. The first-order valence-electron chi connectivity index (χ1n) is 4.62. The van der Waals surface area contributed by atoms with E-state index in [0.29, 0.717) is 12.5 Å². The van der Waals surface area contributed by atoms with Crippen molar-refractivity contribution in [2.24, 2.45) is 5.92 Å². The van der Waals surface area contributed by atoms with Gasteiger partial charge in [0.2, 0.25) is 0 Å². The summed E-state index contributed by atoms with van der Waals surface area (Å²) in [5.74, 6) is 4.95. The summed E-state index contributed by atoms with van der Waals surface area (Å²) < 4.78 is 0. The molecule has 1 unspecified atom stereocenters. The molecular formula is C10H15NO2. The molecule has 0 aliphatic heterocycles. The summed E-state index contributed by atoms with van der Waals surface area (Å²) >= 11 is 0. The Kier molecular flexibility index (Phi) is 3.78. The molecule has 0 aromatic carbocycles. The van der Waals surface area contributed by atoms with Crippen LogP contribution in [0.4, 0.5) is 0 Å². The number of carbonyl (C=O) groups is 1. The summed E-state index contributed by atoms with van der Waals surface area (Å²) in [5.41, 5.74) is 0. The summed E-state index contributed by atoms with van der Waals surface area (Å²) in [7, 11) is 0. The largest absolute Gasteiger partial charge is 0.391 e. The lowest BCUT2D eigenvalue weighted by Gasteiger charge is -2.30. The highest BCUT2D eigenvalue weighted by atomic mass is 16.3. The molecule has 1 amide bonds. The van der Waals surface area contributed by atoms with Gasteiger partial charge in [-0.25, -0.2) is 0 Å². The van der Waals surface area contributed by atoms with Crippen molar-refractivity contribution in [3.8, 4) is 11.8 Å². The van der Waals surface area contributed by atoms with Crippen molar-refractivity contribution < 1.29 is 9.90 Å². The van der Waals surface area contributed by atoms with Crippen molar-refractivity contribution in [1.82, 2.24) is 5.32 Å². The first-order chi connectivity index (χ1) is 6.24. The quantitative estimate of drug-likeness (QED) is 0.615. The topological polar surface area (TPSA) is 49.3 Å². The van der Waals surface area contributed by atoms with Gasteiger partial charge in [-0.2, -0.15) is 0 Å². The molecule has 0 radical (unpaired) electrons. The fraction of sp³-hybridized carbons (Fsp3) is 0.700. The van der Waals surface area contributed by atoms with Crippen LogP contribution < -0.4 is 5.32 Å². The number of carbonyl (C=O) groups excluding carboxylic acids is 1. The minimum Gasteiger partial charge on any atom is -0.391 e. The average Bonchev–Trinajstić information content (AvgIpc) is 1.98. The number of amides is 1. The van der Waals surface area contributed by atoms with Gasteiger partial charge in [-0.05, 0) is 31.6 Å². The SMILES string of the molecule is CC#CC(=O)NCC(O)C1CCC1. The molecule has 0 spiro atoms. The van der Waals surface area contributed by atoms with Gasteiger partial charge in [-0.3, -0.25) is 4.79 Å². The fourth-order valence-corrected chi connectivity index (χ4v) is 1.35. The molecule has 1 rings (SSSR count). The van der Waals surface area contributed by atoms with Crippen molar-refractivity contribution in [1.29, 1.82) is 0 Å². The van der Waals surface area contributed by atoms with E-state index in [9.17, 15) is 9.90 Å². The fourth-order valence-electron chi connectivity index (χ4n) is 1.35. The number of nitrogens with one attached hydrogen (secondary N) is 1. The van der Waals surface area contributed by atoms with Crippen LogP contribution in [0.15, 0.2) is 0 Å². The lowest BCUT2D eigenvalue weighted by atomic mass is 9.81. The predicted molar refractivity (Wildman–Crippen MR) is 49.8 cm³/mol. The lowest BCUT2D eigenvalue weighted by Crippen LogP contribution is -2.38. The van der Waals surface area contributed by atoms with Crippen molar-refractivity contribution >= 4 is 5.91 Å². The lowest BCUT2D eigenvalue weighted by molar-refractivity contribution is -0.116. The van der Waals surface area contributed by atoms with Gasteiger partial charge in [-0.15, -0.1) is 0 Å². The molecular weight excluding hydrogens is 166 g/mol. The van der Waals surface area contributed by atoms with Crippen LogP contribution in [0.3, 0.4) is 0 Å². The highest BCUT2D eigenvalue weighted by Crippen LogP contribution is 2.29. The van der Waals surface area contributed by atoms with Crippen molar-refractivity contribution in [3.05, 3.63) is 0 Å². The number of rotatable bonds is 3. The molecule has 0 aromatic heterocycles. The van der Waals surface area contributed by atoms with Gasteiger partial charge in [0, 0.05) is 6.54 Å². The Balaban J connectivity index is 2.16. The summed E-state index contributed by atoms with van der Waals surface area (Å²) in [5, 5.41) is 12.1. The molecule has 72 valence electrons. The Bertz CT molecular complexity index is 235. The third kappa shape index (κ3) is 3.08. The van der Waals surface area contributed by atoms with E-state index < -0.39 is 6.10 Å². The van der Waals surface area contributed by atoms with E-state index >= 15 is 0 Å². The van der Waals surface area contributed by atoms with Gasteiger partial charge in [0.15, 0.2) is 0 Å². The van der Waals surface area contributed by atoms with Gasteiger partial charge >= 0.3 is 0 Å². The van der Waals surface area contributed by atoms with E-state index in [1.807, 2.05) is 0 Å². The van der Waals surface area contributed by atoms with Gasteiger partial charge in [0.25, 0.3) is 5.91 Å². The van der Waals surface area contributed by atoms with E-state index in [1.165, 1.54) is 6.42 Å². The van der Waals surface area contributed by atoms with Crippen LogP contribution in [0.1, 0.15) is 26.2 Å². The average molecular weight is 181 g/mol. The molecule has 0 heterocycles. The molecule has 13 heavy (non-hydrogen) atoms. The highest BCUT2D eigenvalue weighted by molar-refractivity contribution is 5.93.